The molecular weight excluding hydrogens is 340 g/mol. The number of halogens is 4. The SMILES string of the molecule is Fc1cc(Br)cc(F)c1-c1nnc(CCl)n1C1CC1. The van der Waals surface area contributed by atoms with E-state index in [1.165, 1.54) is 12.1 Å². The molecule has 0 radical (unpaired) electrons. The summed E-state index contributed by atoms with van der Waals surface area (Å²) in [5.41, 5.74) is -0.154. The van der Waals surface area contributed by atoms with Crippen LogP contribution in [0.4, 0.5) is 8.78 Å². The summed E-state index contributed by atoms with van der Waals surface area (Å²) in [7, 11) is 0. The summed E-state index contributed by atoms with van der Waals surface area (Å²) in [6.07, 6.45) is 1.91. The van der Waals surface area contributed by atoms with Crippen molar-refractivity contribution in [3.63, 3.8) is 0 Å². The summed E-state index contributed by atoms with van der Waals surface area (Å²) < 4.78 is 30.1. The van der Waals surface area contributed by atoms with Gasteiger partial charge in [0.05, 0.1) is 11.4 Å². The first-order valence-electron chi connectivity index (χ1n) is 5.76. The van der Waals surface area contributed by atoms with Crippen molar-refractivity contribution in [3.05, 3.63) is 34.1 Å². The third-order valence-corrected chi connectivity index (χ3v) is 3.73. The van der Waals surface area contributed by atoms with Crippen LogP contribution < -0.4 is 0 Å². The van der Waals surface area contributed by atoms with E-state index in [9.17, 15) is 8.78 Å². The van der Waals surface area contributed by atoms with Crippen LogP contribution in [0.3, 0.4) is 0 Å². The van der Waals surface area contributed by atoms with Crippen molar-refractivity contribution in [2.75, 3.05) is 0 Å². The van der Waals surface area contributed by atoms with E-state index in [0.29, 0.717) is 10.3 Å². The third kappa shape index (κ3) is 2.27. The second kappa shape index (κ2) is 4.83. The highest BCUT2D eigenvalue weighted by Gasteiger charge is 2.31. The maximum Gasteiger partial charge on any atom is 0.170 e. The van der Waals surface area contributed by atoms with E-state index < -0.39 is 11.6 Å². The largest absolute Gasteiger partial charge is 0.307 e. The molecule has 1 aromatic carbocycles. The Kier molecular flexibility index (Phi) is 3.30. The summed E-state index contributed by atoms with van der Waals surface area (Å²) in [5.74, 6) is -0.408. The van der Waals surface area contributed by atoms with Gasteiger partial charge in [-0.25, -0.2) is 8.78 Å². The lowest BCUT2D eigenvalue weighted by atomic mass is 10.2. The Morgan fingerprint density at radius 1 is 1.26 bits per heavy atom. The quantitative estimate of drug-likeness (QED) is 0.783. The molecule has 1 aliphatic carbocycles. The Morgan fingerprint density at radius 2 is 1.89 bits per heavy atom. The van der Waals surface area contributed by atoms with Crippen LogP contribution in [-0.4, -0.2) is 14.8 Å². The maximum atomic E-state index is 14.0. The Hall–Kier alpha value is -1.01. The van der Waals surface area contributed by atoms with Gasteiger partial charge in [0.1, 0.15) is 17.5 Å². The summed E-state index contributed by atoms with van der Waals surface area (Å²) in [5, 5.41) is 7.82. The van der Waals surface area contributed by atoms with Gasteiger partial charge in [0.2, 0.25) is 0 Å². The molecule has 0 amide bonds. The molecule has 1 saturated carbocycles. The molecule has 1 fully saturated rings. The first-order valence-corrected chi connectivity index (χ1v) is 7.09. The summed E-state index contributed by atoms with van der Waals surface area (Å²) in [4.78, 5) is 0. The van der Waals surface area contributed by atoms with E-state index >= 15 is 0 Å². The number of aromatic nitrogens is 3. The van der Waals surface area contributed by atoms with E-state index in [-0.39, 0.29) is 23.3 Å². The normalized spacial score (nSPS) is 14.9. The highest BCUT2D eigenvalue weighted by atomic mass is 79.9. The van der Waals surface area contributed by atoms with Crippen molar-refractivity contribution >= 4 is 27.5 Å². The first kappa shape index (κ1) is 13.0. The number of alkyl halides is 1. The molecule has 0 bridgehead atoms. The number of hydrogen-bond donors (Lipinski definition) is 0. The third-order valence-electron chi connectivity index (χ3n) is 3.03. The van der Waals surface area contributed by atoms with Gasteiger partial charge in [-0.05, 0) is 25.0 Å². The van der Waals surface area contributed by atoms with Crippen molar-refractivity contribution in [3.8, 4) is 11.4 Å². The molecule has 19 heavy (non-hydrogen) atoms. The zero-order chi connectivity index (χ0) is 13.6. The Labute approximate surface area is 121 Å². The Bertz CT molecular complexity index is 617. The molecule has 2 aromatic rings. The predicted octanol–water partition coefficient (Wildman–Crippen LogP) is 4.06. The predicted molar refractivity (Wildman–Crippen MR) is 70.9 cm³/mol. The van der Waals surface area contributed by atoms with E-state index in [2.05, 4.69) is 26.1 Å². The van der Waals surface area contributed by atoms with E-state index in [0.717, 1.165) is 12.8 Å². The van der Waals surface area contributed by atoms with Gasteiger partial charge in [-0.2, -0.15) is 0 Å². The van der Waals surface area contributed by atoms with Crippen molar-refractivity contribution in [1.29, 1.82) is 0 Å². The molecule has 0 atom stereocenters. The van der Waals surface area contributed by atoms with Crippen LogP contribution in [0.5, 0.6) is 0 Å². The number of nitrogens with zero attached hydrogens (tertiary/aromatic N) is 3. The van der Waals surface area contributed by atoms with Gasteiger partial charge in [0.25, 0.3) is 0 Å². The van der Waals surface area contributed by atoms with Crippen LogP contribution in [0.15, 0.2) is 16.6 Å². The van der Waals surface area contributed by atoms with Gasteiger partial charge in [-0.3, -0.25) is 0 Å². The summed E-state index contributed by atoms with van der Waals surface area (Å²) >= 11 is 8.85. The van der Waals surface area contributed by atoms with E-state index in [1.807, 2.05) is 0 Å². The lowest BCUT2D eigenvalue weighted by Gasteiger charge is -2.09. The van der Waals surface area contributed by atoms with Crippen LogP contribution in [0.2, 0.25) is 0 Å². The first-order chi connectivity index (χ1) is 9.11. The molecule has 1 aliphatic rings. The zero-order valence-corrected chi connectivity index (χ0v) is 12.0. The van der Waals surface area contributed by atoms with Crippen molar-refractivity contribution in [1.82, 2.24) is 14.8 Å². The van der Waals surface area contributed by atoms with Crippen LogP contribution >= 0.6 is 27.5 Å². The Balaban J connectivity index is 2.20. The minimum atomic E-state index is -0.665. The van der Waals surface area contributed by atoms with Crippen molar-refractivity contribution in [2.24, 2.45) is 0 Å². The fraction of sp³-hybridized carbons (Fsp3) is 0.333. The zero-order valence-electron chi connectivity index (χ0n) is 9.71. The molecule has 1 aromatic heterocycles. The molecule has 0 unspecified atom stereocenters. The maximum absolute atomic E-state index is 14.0. The Morgan fingerprint density at radius 3 is 2.42 bits per heavy atom. The van der Waals surface area contributed by atoms with Gasteiger partial charge in [-0.15, -0.1) is 21.8 Å². The van der Waals surface area contributed by atoms with E-state index in [1.54, 1.807) is 4.57 Å². The van der Waals surface area contributed by atoms with Crippen LogP contribution in [0.25, 0.3) is 11.4 Å². The average molecular weight is 349 g/mol. The minimum Gasteiger partial charge on any atom is -0.307 e. The minimum absolute atomic E-state index is 0.154. The fourth-order valence-corrected chi connectivity index (χ4v) is 2.64. The molecule has 0 saturated heterocycles. The highest BCUT2D eigenvalue weighted by Crippen LogP contribution is 2.40. The molecule has 0 spiro atoms. The molecule has 3 nitrogen and oxygen atoms in total. The van der Waals surface area contributed by atoms with Crippen LogP contribution in [0.1, 0.15) is 24.7 Å². The average Bonchev–Trinajstić information content (AvgIpc) is 3.09. The smallest absolute Gasteiger partial charge is 0.170 e. The van der Waals surface area contributed by atoms with E-state index in [4.69, 9.17) is 11.6 Å². The van der Waals surface area contributed by atoms with Gasteiger partial charge < -0.3 is 4.57 Å². The summed E-state index contributed by atoms with van der Waals surface area (Å²) in [6.45, 7) is 0. The second-order valence-electron chi connectivity index (χ2n) is 4.42. The topological polar surface area (TPSA) is 30.7 Å². The molecule has 7 heteroatoms. The van der Waals surface area contributed by atoms with Gasteiger partial charge >= 0.3 is 0 Å². The van der Waals surface area contributed by atoms with Gasteiger partial charge in [0.15, 0.2) is 5.82 Å². The van der Waals surface area contributed by atoms with Crippen molar-refractivity contribution < 1.29 is 8.78 Å². The number of hydrogen-bond acceptors (Lipinski definition) is 2. The molecular formula is C12H9BrClF2N3. The number of rotatable bonds is 3. The second-order valence-corrected chi connectivity index (χ2v) is 5.60. The van der Waals surface area contributed by atoms with Crippen molar-refractivity contribution in [2.45, 2.75) is 24.8 Å². The standard InChI is InChI=1S/C12H9BrClF2N3/c13-6-3-8(15)11(9(16)4-6)12-18-17-10(5-14)19(12)7-1-2-7/h3-4,7H,1-2,5H2. The van der Waals surface area contributed by atoms with Crippen LogP contribution in [-0.2, 0) is 5.88 Å². The highest BCUT2D eigenvalue weighted by molar-refractivity contribution is 9.10. The molecule has 0 N–H and O–H groups in total. The molecule has 0 aliphatic heterocycles. The lowest BCUT2D eigenvalue weighted by molar-refractivity contribution is 0.581. The fourth-order valence-electron chi connectivity index (χ4n) is 2.06. The molecule has 100 valence electrons. The number of benzene rings is 1. The van der Waals surface area contributed by atoms with Gasteiger partial charge in [-0.1, -0.05) is 15.9 Å². The molecule has 3 rings (SSSR count). The van der Waals surface area contributed by atoms with Gasteiger partial charge in [0, 0.05) is 10.5 Å². The van der Waals surface area contributed by atoms with Crippen LogP contribution in [0, 0.1) is 11.6 Å². The lowest BCUT2D eigenvalue weighted by Crippen LogP contribution is -2.04. The monoisotopic (exact) mass is 347 g/mol. The summed E-state index contributed by atoms with van der Waals surface area (Å²) in [6, 6.07) is 2.62. The molecule has 1 heterocycles.